The SMILES string of the molecule is FC(F)(F)Oc1ccc(CN2CCc3nc[nH]c3C2)cc1. The van der Waals surface area contributed by atoms with Crippen LogP contribution in [0.1, 0.15) is 17.0 Å². The fraction of sp³-hybridized carbons (Fsp3) is 0.357. The van der Waals surface area contributed by atoms with Gasteiger partial charge in [0.05, 0.1) is 17.7 Å². The van der Waals surface area contributed by atoms with Crippen LogP contribution < -0.4 is 4.74 Å². The maximum Gasteiger partial charge on any atom is 0.573 e. The topological polar surface area (TPSA) is 41.1 Å². The Kier molecular flexibility index (Phi) is 3.59. The van der Waals surface area contributed by atoms with E-state index in [9.17, 15) is 13.2 Å². The fourth-order valence-electron chi connectivity index (χ4n) is 2.46. The predicted molar refractivity (Wildman–Crippen MR) is 69.5 cm³/mol. The van der Waals surface area contributed by atoms with Gasteiger partial charge in [-0.25, -0.2) is 4.98 Å². The minimum absolute atomic E-state index is 0.194. The average Bonchev–Trinajstić information content (AvgIpc) is 2.87. The highest BCUT2D eigenvalue weighted by atomic mass is 19.4. The smallest absolute Gasteiger partial charge is 0.406 e. The van der Waals surface area contributed by atoms with Crippen LogP contribution in [0.5, 0.6) is 5.75 Å². The summed E-state index contributed by atoms with van der Waals surface area (Å²) in [5, 5.41) is 0. The highest BCUT2D eigenvalue weighted by molar-refractivity contribution is 5.27. The van der Waals surface area contributed by atoms with Gasteiger partial charge in [0.2, 0.25) is 0 Å². The number of nitrogens with zero attached hydrogens (tertiary/aromatic N) is 2. The largest absolute Gasteiger partial charge is 0.573 e. The Bertz CT molecular complexity index is 607. The molecule has 0 unspecified atom stereocenters. The molecule has 1 N–H and O–H groups in total. The molecule has 1 aliphatic heterocycles. The van der Waals surface area contributed by atoms with Crippen molar-refractivity contribution in [1.29, 1.82) is 0 Å². The lowest BCUT2D eigenvalue weighted by atomic mass is 10.1. The van der Waals surface area contributed by atoms with Crippen molar-refractivity contribution < 1.29 is 17.9 Å². The molecule has 112 valence electrons. The minimum Gasteiger partial charge on any atom is -0.406 e. The minimum atomic E-state index is -4.65. The second-order valence-electron chi connectivity index (χ2n) is 4.98. The van der Waals surface area contributed by atoms with Crippen molar-refractivity contribution >= 4 is 0 Å². The highest BCUT2D eigenvalue weighted by Gasteiger charge is 2.31. The summed E-state index contributed by atoms with van der Waals surface area (Å²) in [6.07, 6.45) is -2.07. The average molecular weight is 297 g/mol. The molecule has 2 heterocycles. The number of alkyl halides is 3. The number of benzene rings is 1. The third-order valence-electron chi connectivity index (χ3n) is 3.42. The van der Waals surface area contributed by atoms with Crippen molar-refractivity contribution in [2.45, 2.75) is 25.9 Å². The molecule has 0 radical (unpaired) electrons. The van der Waals surface area contributed by atoms with Crippen LogP contribution in [-0.2, 0) is 19.5 Å². The predicted octanol–water partition coefficient (Wildman–Crippen LogP) is 2.87. The Balaban J connectivity index is 1.61. The number of imidazole rings is 1. The number of halogens is 3. The Morgan fingerprint density at radius 2 is 2.00 bits per heavy atom. The summed E-state index contributed by atoms with van der Waals surface area (Å²) in [6.45, 7) is 2.35. The third-order valence-corrected chi connectivity index (χ3v) is 3.42. The van der Waals surface area contributed by atoms with Crippen LogP contribution in [0.25, 0.3) is 0 Å². The number of nitrogens with one attached hydrogen (secondary N) is 1. The molecule has 0 fully saturated rings. The van der Waals surface area contributed by atoms with Gasteiger partial charge in [0.25, 0.3) is 0 Å². The number of fused-ring (bicyclic) bond motifs is 1. The van der Waals surface area contributed by atoms with E-state index < -0.39 is 6.36 Å². The molecule has 1 aromatic carbocycles. The number of aromatic nitrogens is 2. The summed E-state index contributed by atoms with van der Waals surface area (Å²) in [4.78, 5) is 9.57. The van der Waals surface area contributed by atoms with Gasteiger partial charge in [0.15, 0.2) is 0 Å². The molecule has 21 heavy (non-hydrogen) atoms. The monoisotopic (exact) mass is 297 g/mol. The quantitative estimate of drug-likeness (QED) is 0.947. The maximum atomic E-state index is 12.1. The first-order valence-electron chi connectivity index (χ1n) is 6.58. The van der Waals surface area contributed by atoms with Crippen LogP contribution in [0.2, 0.25) is 0 Å². The van der Waals surface area contributed by atoms with Gasteiger partial charge in [-0.15, -0.1) is 13.2 Å². The standard InChI is InChI=1S/C14H14F3N3O/c15-14(16,17)21-11-3-1-10(2-4-11)7-20-6-5-12-13(8-20)19-9-18-12/h1-4,9H,5-8H2,(H,18,19). The Morgan fingerprint density at radius 1 is 1.24 bits per heavy atom. The molecule has 0 amide bonds. The molecule has 0 aliphatic carbocycles. The van der Waals surface area contributed by atoms with E-state index in [1.165, 1.54) is 12.1 Å². The van der Waals surface area contributed by atoms with Crippen molar-refractivity contribution in [1.82, 2.24) is 14.9 Å². The van der Waals surface area contributed by atoms with Gasteiger partial charge >= 0.3 is 6.36 Å². The molecule has 7 heteroatoms. The molecular weight excluding hydrogens is 283 g/mol. The number of aromatic amines is 1. The lowest BCUT2D eigenvalue weighted by molar-refractivity contribution is -0.274. The number of hydrogen-bond acceptors (Lipinski definition) is 3. The van der Waals surface area contributed by atoms with Gasteiger partial charge < -0.3 is 9.72 Å². The lowest BCUT2D eigenvalue weighted by Gasteiger charge is -2.26. The highest BCUT2D eigenvalue weighted by Crippen LogP contribution is 2.23. The molecule has 0 atom stereocenters. The third kappa shape index (κ3) is 3.55. The van der Waals surface area contributed by atoms with Crippen LogP contribution in [0.3, 0.4) is 0 Å². The van der Waals surface area contributed by atoms with E-state index in [-0.39, 0.29) is 5.75 Å². The van der Waals surface area contributed by atoms with Gasteiger partial charge in [-0.05, 0) is 17.7 Å². The van der Waals surface area contributed by atoms with Gasteiger partial charge in [0, 0.05) is 26.1 Å². The summed E-state index contributed by atoms with van der Waals surface area (Å²) in [7, 11) is 0. The van der Waals surface area contributed by atoms with E-state index >= 15 is 0 Å². The van der Waals surface area contributed by atoms with Crippen molar-refractivity contribution in [2.24, 2.45) is 0 Å². The fourth-order valence-corrected chi connectivity index (χ4v) is 2.46. The Morgan fingerprint density at radius 3 is 2.71 bits per heavy atom. The summed E-state index contributed by atoms with van der Waals surface area (Å²) >= 11 is 0. The summed E-state index contributed by atoms with van der Waals surface area (Å²) in [6, 6.07) is 6.00. The molecule has 4 nitrogen and oxygen atoms in total. The van der Waals surface area contributed by atoms with E-state index in [1.54, 1.807) is 18.5 Å². The zero-order chi connectivity index (χ0) is 14.9. The van der Waals surface area contributed by atoms with Gasteiger partial charge in [-0.1, -0.05) is 12.1 Å². The van der Waals surface area contributed by atoms with Crippen LogP contribution in [0.4, 0.5) is 13.2 Å². The first-order chi connectivity index (χ1) is 9.99. The number of hydrogen-bond donors (Lipinski definition) is 1. The normalized spacial score (nSPS) is 15.8. The second kappa shape index (κ2) is 5.40. The molecule has 2 aromatic rings. The number of H-pyrrole nitrogens is 1. The summed E-state index contributed by atoms with van der Waals surface area (Å²) in [5.74, 6) is -0.194. The van der Waals surface area contributed by atoms with Crippen LogP contribution >= 0.6 is 0 Å². The molecule has 0 spiro atoms. The van der Waals surface area contributed by atoms with Gasteiger partial charge in [-0.3, -0.25) is 4.90 Å². The molecular formula is C14H14F3N3O. The summed E-state index contributed by atoms with van der Waals surface area (Å²) in [5.41, 5.74) is 3.16. The molecule has 3 rings (SSSR count). The van der Waals surface area contributed by atoms with Gasteiger partial charge in [0.1, 0.15) is 5.75 Å². The zero-order valence-corrected chi connectivity index (χ0v) is 11.2. The Labute approximate surface area is 119 Å². The molecule has 0 bridgehead atoms. The lowest BCUT2D eigenvalue weighted by Crippen LogP contribution is -2.30. The van der Waals surface area contributed by atoms with Gasteiger partial charge in [-0.2, -0.15) is 0 Å². The van der Waals surface area contributed by atoms with E-state index in [4.69, 9.17) is 0 Å². The van der Waals surface area contributed by atoms with E-state index in [0.29, 0.717) is 6.54 Å². The molecule has 1 aliphatic rings. The van der Waals surface area contributed by atoms with Crippen LogP contribution in [-0.4, -0.2) is 27.8 Å². The number of rotatable bonds is 3. The van der Waals surface area contributed by atoms with Crippen LogP contribution in [0.15, 0.2) is 30.6 Å². The Hall–Kier alpha value is -2.02. The molecule has 0 saturated heterocycles. The maximum absolute atomic E-state index is 12.1. The van der Waals surface area contributed by atoms with Crippen LogP contribution in [0, 0.1) is 0 Å². The van der Waals surface area contributed by atoms with Crippen molar-refractivity contribution in [3.63, 3.8) is 0 Å². The first-order valence-corrected chi connectivity index (χ1v) is 6.58. The number of ether oxygens (including phenoxy) is 1. The second-order valence-corrected chi connectivity index (χ2v) is 4.98. The first kappa shape index (κ1) is 13.9. The van der Waals surface area contributed by atoms with Crippen molar-refractivity contribution in [3.8, 4) is 5.75 Å². The van der Waals surface area contributed by atoms with E-state index in [2.05, 4.69) is 19.6 Å². The van der Waals surface area contributed by atoms with Crippen molar-refractivity contribution in [2.75, 3.05) is 6.54 Å². The van der Waals surface area contributed by atoms with E-state index in [0.717, 1.165) is 36.5 Å². The van der Waals surface area contributed by atoms with Crippen molar-refractivity contribution in [3.05, 3.63) is 47.5 Å². The molecule has 0 saturated carbocycles. The summed E-state index contributed by atoms with van der Waals surface area (Å²) < 4.78 is 40.1. The van der Waals surface area contributed by atoms with E-state index in [1.807, 2.05) is 0 Å². The zero-order valence-electron chi connectivity index (χ0n) is 11.2. The molecule has 1 aromatic heterocycles.